The van der Waals surface area contributed by atoms with Crippen LogP contribution in [0.3, 0.4) is 0 Å². The second-order valence-electron chi connectivity index (χ2n) is 8.08. The maximum absolute atomic E-state index is 12.9. The van der Waals surface area contributed by atoms with Gasteiger partial charge in [-0.05, 0) is 60.2 Å². The highest BCUT2D eigenvalue weighted by molar-refractivity contribution is 6.04. The number of rotatable bonds is 4. The predicted molar refractivity (Wildman–Crippen MR) is 135 cm³/mol. The van der Waals surface area contributed by atoms with Gasteiger partial charge in [0.15, 0.2) is 5.58 Å². The van der Waals surface area contributed by atoms with Crippen LogP contribution in [0.4, 0.5) is 5.69 Å². The Labute approximate surface area is 199 Å². The number of aromatic nitrogens is 1. The van der Waals surface area contributed by atoms with Gasteiger partial charge in [-0.1, -0.05) is 48.5 Å². The van der Waals surface area contributed by atoms with Gasteiger partial charge in [-0.25, -0.2) is 9.78 Å². The van der Waals surface area contributed by atoms with E-state index in [0.717, 1.165) is 16.5 Å². The normalized spacial score (nSPS) is 11.1. The van der Waals surface area contributed by atoms with E-state index in [1.54, 1.807) is 42.5 Å². The molecule has 6 nitrogen and oxygen atoms in total. The highest BCUT2D eigenvalue weighted by atomic mass is 16.4. The van der Waals surface area contributed by atoms with Crippen molar-refractivity contribution in [1.82, 2.24) is 4.98 Å². The fraction of sp³-hybridized carbons (Fsp3) is 0. The molecular formula is C29H18N2O4. The van der Waals surface area contributed by atoms with Crippen molar-refractivity contribution in [3.8, 4) is 22.6 Å². The van der Waals surface area contributed by atoms with Crippen molar-refractivity contribution >= 4 is 33.7 Å². The largest absolute Gasteiger partial charge is 0.436 e. The third-order valence-corrected chi connectivity index (χ3v) is 5.76. The van der Waals surface area contributed by atoms with Crippen molar-refractivity contribution in [3.63, 3.8) is 0 Å². The van der Waals surface area contributed by atoms with E-state index >= 15 is 0 Å². The molecule has 0 saturated heterocycles. The number of carbonyl (C=O) groups is 1. The summed E-state index contributed by atoms with van der Waals surface area (Å²) in [5.41, 5.74) is 4.57. The molecule has 4 aromatic carbocycles. The summed E-state index contributed by atoms with van der Waals surface area (Å²) in [6.45, 7) is 0. The SMILES string of the molecule is O=C(Nc1cccc(-c2nc3ccccc3o2)c1)c1ccc(-c2cc3ccccc3oc2=O)cc1. The van der Waals surface area contributed by atoms with E-state index in [-0.39, 0.29) is 5.91 Å². The van der Waals surface area contributed by atoms with Crippen molar-refractivity contribution in [1.29, 1.82) is 0 Å². The molecular weight excluding hydrogens is 440 g/mol. The van der Waals surface area contributed by atoms with Crippen molar-refractivity contribution in [2.24, 2.45) is 0 Å². The molecule has 1 N–H and O–H groups in total. The van der Waals surface area contributed by atoms with Crippen LogP contribution in [0.25, 0.3) is 44.7 Å². The topological polar surface area (TPSA) is 85.3 Å². The molecule has 2 heterocycles. The van der Waals surface area contributed by atoms with Crippen LogP contribution in [-0.2, 0) is 0 Å². The van der Waals surface area contributed by atoms with E-state index in [0.29, 0.717) is 39.4 Å². The smallest absolute Gasteiger partial charge is 0.344 e. The Morgan fingerprint density at radius 3 is 2.31 bits per heavy atom. The van der Waals surface area contributed by atoms with Gasteiger partial charge in [0.2, 0.25) is 5.89 Å². The number of fused-ring (bicyclic) bond motifs is 2. The Bertz CT molecular complexity index is 1730. The fourth-order valence-electron chi connectivity index (χ4n) is 3.99. The first-order chi connectivity index (χ1) is 17.1. The lowest BCUT2D eigenvalue weighted by Gasteiger charge is -2.08. The number of nitrogens with one attached hydrogen (secondary N) is 1. The van der Waals surface area contributed by atoms with E-state index in [1.165, 1.54) is 0 Å². The average Bonchev–Trinajstić information content (AvgIpc) is 3.33. The molecule has 0 atom stereocenters. The zero-order valence-electron chi connectivity index (χ0n) is 18.4. The minimum atomic E-state index is -0.420. The second kappa shape index (κ2) is 8.43. The minimum Gasteiger partial charge on any atom is -0.436 e. The zero-order chi connectivity index (χ0) is 23.8. The average molecular weight is 458 g/mol. The monoisotopic (exact) mass is 458 g/mol. The summed E-state index contributed by atoms with van der Waals surface area (Å²) in [5.74, 6) is 0.220. The van der Waals surface area contributed by atoms with E-state index in [4.69, 9.17) is 8.83 Å². The van der Waals surface area contributed by atoms with Crippen molar-refractivity contribution < 1.29 is 13.6 Å². The summed E-state index contributed by atoms with van der Waals surface area (Å²) < 4.78 is 11.3. The molecule has 168 valence electrons. The van der Waals surface area contributed by atoms with Crippen molar-refractivity contribution in [2.45, 2.75) is 0 Å². The maximum Gasteiger partial charge on any atom is 0.344 e. The van der Waals surface area contributed by atoms with Crippen molar-refractivity contribution in [3.05, 3.63) is 119 Å². The fourth-order valence-corrected chi connectivity index (χ4v) is 3.99. The highest BCUT2D eigenvalue weighted by Crippen LogP contribution is 2.27. The molecule has 0 aliphatic heterocycles. The van der Waals surface area contributed by atoms with Gasteiger partial charge in [0.05, 0.1) is 5.56 Å². The van der Waals surface area contributed by atoms with Gasteiger partial charge in [-0.3, -0.25) is 4.79 Å². The van der Waals surface area contributed by atoms with Gasteiger partial charge in [-0.15, -0.1) is 0 Å². The minimum absolute atomic E-state index is 0.267. The summed E-state index contributed by atoms with van der Waals surface area (Å²) in [6, 6.07) is 30.9. The molecule has 2 aromatic heterocycles. The summed E-state index contributed by atoms with van der Waals surface area (Å²) >= 11 is 0. The quantitative estimate of drug-likeness (QED) is 0.304. The van der Waals surface area contributed by atoms with Gasteiger partial charge in [-0.2, -0.15) is 0 Å². The first kappa shape index (κ1) is 20.6. The molecule has 1 amide bonds. The van der Waals surface area contributed by atoms with Gasteiger partial charge >= 0.3 is 5.63 Å². The van der Waals surface area contributed by atoms with Crippen molar-refractivity contribution in [2.75, 3.05) is 5.32 Å². The van der Waals surface area contributed by atoms with Crippen LogP contribution in [0.2, 0.25) is 0 Å². The van der Waals surface area contributed by atoms with Crippen LogP contribution in [0, 0.1) is 0 Å². The Hall–Kier alpha value is -4.97. The molecule has 0 spiro atoms. The highest BCUT2D eigenvalue weighted by Gasteiger charge is 2.12. The molecule has 0 radical (unpaired) electrons. The summed E-state index contributed by atoms with van der Waals surface area (Å²) in [5, 5.41) is 3.74. The van der Waals surface area contributed by atoms with E-state index in [9.17, 15) is 9.59 Å². The number of carbonyl (C=O) groups excluding carboxylic acids is 1. The van der Waals surface area contributed by atoms with Crippen LogP contribution in [0.5, 0.6) is 0 Å². The Balaban J connectivity index is 1.23. The van der Waals surface area contributed by atoms with Crippen LogP contribution >= 0.6 is 0 Å². The third-order valence-electron chi connectivity index (χ3n) is 5.76. The van der Waals surface area contributed by atoms with Gasteiger partial charge < -0.3 is 14.2 Å². The lowest BCUT2D eigenvalue weighted by molar-refractivity contribution is 0.102. The number of benzene rings is 4. The first-order valence-corrected chi connectivity index (χ1v) is 11.0. The lowest BCUT2D eigenvalue weighted by Crippen LogP contribution is -2.12. The molecule has 0 bridgehead atoms. The molecule has 0 aliphatic carbocycles. The molecule has 0 aliphatic rings. The third kappa shape index (κ3) is 3.98. The molecule has 0 fully saturated rings. The standard InChI is InChI=1S/C29H18N2O4/c32-27(30-22-8-5-7-21(16-22)28-31-24-9-2-4-11-26(24)34-28)19-14-12-18(13-15-19)23-17-20-6-1-3-10-25(20)35-29(23)33/h1-17H,(H,30,32). The number of hydrogen-bond acceptors (Lipinski definition) is 5. The molecule has 0 unspecified atom stereocenters. The van der Waals surface area contributed by atoms with Crippen LogP contribution in [0.1, 0.15) is 10.4 Å². The van der Waals surface area contributed by atoms with Gasteiger partial charge in [0.1, 0.15) is 11.1 Å². The summed E-state index contributed by atoms with van der Waals surface area (Å²) in [7, 11) is 0. The zero-order valence-corrected chi connectivity index (χ0v) is 18.4. The number of oxazole rings is 1. The van der Waals surface area contributed by atoms with Crippen LogP contribution in [-0.4, -0.2) is 10.9 Å². The number of hydrogen-bond donors (Lipinski definition) is 1. The second-order valence-corrected chi connectivity index (χ2v) is 8.08. The molecule has 6 heteroatoms. The number of para-hydroxylation sites is 3. The number of amides is 1. The maximum atomic E-state index is 12.9. The van der Waals surface area contributed by atoms with E-state index < -0.39 is 5.63 Å². The molecule has 35 heavy (non-hydrogen) atoms. The Morgan fingerprint density at radius 1 is 0.714 bits per heavy atom. The van der Waals surface area contributed by atoms with Crippen LogP contribution < -0.4 is 10.9 Å². The number of nitrogens with zero attached hydrogens (tertiary/aromatic N) is 1. The molecule has 6 aromatic rings. The molecule has 6 rings (SSSR count). The van der Waals surface area contributed by atoms with E-state index in [2.05, 4.69) is 10.3 Å². The van der Waals surface area contributed by atoms with Gasteiger partial charge in [0, 0.05) is 22.2 Å². The predicted octanol–water partition coefficient (Wildman–Crippen LogP) is 6.52. The lowest BCUT2D eigenvalue weighted by atomic mass is 10.0. The van der Waals surface area contributed by atoms with E-state index in [1.807, 2.05) is 60.7 Å². The summed E-state index contributed by atoms with van der Waals surface area (Å²) in [4.78, 5) is 29.8. The first-order valence-electron chi connectivity index (χ1n) is 11.0. The number of anilines is 1. The summed E-state index contributed by atoms with van der Waals surface area (Å²) in [6.07, 6.45) is 0. The Morgan fingerprint density at radius 2 is 1.49 bits per heavy atom. The molecule has 0 saturated carbocycles. The Kier molecular flexibility index (Phi) is 4.96. The van der Waals surface area contributed by atoms with Gasteiger partial charge in [0.25, 0.3) is 5.91 Å². The van der Waals surface area contributed by atoms with Crippen LogP contribution in [0.15, 0.2) is 117 Å².